The Morgan fingerprint density at radius 1 is 0.955 bits per heavy atom. The van der Waals surface area contributed by atoms with Gasteiger partial charge in [-0.2, -0.15) is 0 Å². The summed E-state index contributed by atoms with van der Waals surface area (Å²) in [4.78, 5) is 29.8. The Balaban J connectivity index is 1.61. The average molecular weight is 659 g/mol. The predicted octanol–water partition coefficient (Wildman–Crippen LogP) is 6.94. The highest BCUT2D eigenvalue weighted by atomic mass is 35.5. The van der Waals surface area contributed by atoms with Gasteiger partial charge in [0.15, 0.2) is 0 Å². The quantitative estimate of drug-likeness (QED) is 0.216. The van der Waals surface area contributed by atoms with Crippen LogP contribution in [0.5, 0.6) is 0 Å². The third-order valence-corrected chi connectivity index (χ3v) is 9.89. The van der Waals surface area contributed by atoms with Crippen molar-refractivity contribution >= 4 is 50.7 Å². The summed E-state index contributed by atoms with van der Waals surface area (Å²) in [5, 5.41) is 3.85. The molecule has 0 aromatic heterocycles. The first-order chi connectivity index (χ1) is 21.0. The van der Waals surface area contributed by atoms with Gasteiger partial charge in [0.1, 0.15) is 6.04 Å². The molecule has 1 aliphatic rings. The molecule has 0 aliphatic heterocycles. The predicted molar refractivity (Wildman–Crippen MR) is 179 cm³/mol. The molecule has 0 radical (unpaired) electrons. The van der Waals surface area contributed by atoms with Crippen LogP contribution in [-0.2, 0) is 32.6 Å². The van der Waals surface area contributed by atoms with Crippen molar-refractivity contribution in [1.29, 1.82) is 0 Å². The van der Waals surface area contributed by atoms with Crippen LogP contribution in [-0.4, -0.2) is 50.0 Å². The molecule has 0 saturated heterocycles. The van der Waals surface area contributed by atoms with Crippen LogP contribution in [0.15, 0.2) is 72.8 Å². The van der Waals surface area contributed by atoms with Gasteiger partial charge in [0, 0.05) is 37.0 Å². The van der Waals surface area contributed by atoms with Gasteiger partial charge in [0.05, 0.1) is 17.0 Å². The lowest BCUT2D eigenvalue weighted by molar-refractivity contribution is -0.141. The summed E-state index contributed by atoms with van der Waals surface area (Å²) in [6, 6.07) is 21.6. The van der Waals surface area contributed by atoms with Crippen molar-refractivity contribution in [3.63, 3.8) is 0 Å². The van der Waals surface area contributed by atoms with E-state index >= 15 is 0 Å². The minimum atomic E-state index is -3.72. The molecule has 1 atom stereocenters. The first-order valence-electron chi connectivity index (χ1n) is 15.1. The molecule has 2 amide bonds. The average Bonchev–Trinajstić information content (AvgIpc) is 2.99. The first-order valence-corrected chi connectivity index (χ1v) is 17.7. The number of hydrogen-bond acceptors (Lipinski definition) is 4. The van der Waals surface area contributed by atoms with Crippen molar-refractivity contribution in [2.45, 2.75) is 76.9 Å². The number of carbonyl (C=O) groups is 2. The maximum absolute atomic E-state index is 14.1. The van der Waals surface area contributed by atoms with Gasteiger partial charge in [0.25, 0.3) is 0 Å². The maximum atomic E-state index is 14.1. The van der Waals surface area contributed by atoms with E-state index in [1.165, 1.54) is 16.8 Å². The Bertz CT molecular complexity index is 1530. The van der Waals surface area contributed by atoms with Gasteiger partial charge >= 0.3 is 0 Å². The number of aryl methyl sites for hydroxylation is 1. The van der Waals surface area contributed by atoms with Gasteiger partial charge in [-0.05, 0) is 61.1 Å². The van der Waals surface area contributed by atoms with Crippen molar-refractivity contribution in [2.24, 2.45) is 0 Å². The van der Waals surface area contributed by atoms with Crippen molar-refractivity contribution in [3.05, 3.63) is 99.5 Å². The molecule has 10 heteroatoms. The zero-order valence-corrected chi connectivity index (χ0v) is 27.7. The highest BCUT2D eigenvalue weighted by Crippen LogP contribution is 2.31. The fourth-order valence-electron chi connectivity index (χ4n) is 5.73. The third kappa shape index (κ3) is 9.46. The van der Waals surface area contributed by atoms with Crippen LogP contribution in [0.3, 0.4) is 0 Å². The molecule has 1 fully saturated rings. The number of halogens is 2. The Kier molecular flexibility index (Phi) is 12.1. The lowest BCUT2D eigenvalue weighted by Gasteiger charge is -2.34. The van der Waals surface area contributed by atoms with E-state index in [0.29, 0.717) is 11.4 Å². The number of sulfonamides is 1. The zero-order valence-electron chi connectivity index (χ0n) is 25.3. The topological polar surface area (TPSA) is 86.8 Å². The molecule has 236 valence electrons. The van der Waals surface area contributed by atoms with E-state index < -0.39 is 16.1 Å². The van der Waals surface area contributed by atoms with Crippen LogP contribution in [0.4, 0.5) is 5.69 Å². The molecule has 7 nitrogen and oxygen atoms in total. The van der Waals surface area contributed by atoms with Crippen molar-refractivity contribution in [1.82, 2.24) is 10.2 Å². The lowest BCUT2D eigenvalue weighted by atomic mass is 9.94. The minimum Gasteiger partial charge on any atom is -0.352 e. The number of nitrogens with one attached hydrogen (secondary N) is 1. The highest BCUT2D eigenvalue weighted by molar-refractivity contribution is 7.92. The van der Waals surface area contributed by atoms with Crippen LogP contribution in [0.1, 0.15) is 61.6 Å². The summed E-state index contributed by atoms with van der Waals surface area (Å²) in [5.41, 5.74) is 3.19. The second-order valence-electron chi connectivity index (χ2n) is 11.5. The third-order valence-electron chi connectivity index (χ3n) is 8.15. The van der Waals surface area contributed by atoms with Gasteiger partial charge in [-0.1, -0.05) is 97.1 Å². The standard InChI is InChI=1S/C34H41Cl2N3O4S/c1-25-12-9-10-15-27(25)24-38(32(22-26-13-5-3-6-14-26)34(41)37-29-16-7-4-8-17-29)33(40)18-11-21-39(44(2,42)43)31-23-28(35)19-20-30(31)36/h3,5-6,9-10,12-15,19-20,23,29,32H,4,7-8,11,16-18,21-22,24H2,1-2H3,(H,37,41)/t32-/m1/s1. The van der Waals surface area contributed by atoms with E-state index in [2.05, 4.69) is 5.32 Å². The van der Waals surface area contributed by atoms with Crippen LogP contribution in [0.2, 0.25) is 10.0 Å². The summed E-state index contributed by atoms with van der Waals surface area (Å²) < 4.78 is 26.7. The fraction of sp³-hybridized carbons (Fsp3) is 0.412. The van der Waals surface area contributed by atoms with Crippen molar-refractivity contribution in [3.8, 4) is 0 Å². The SMILES string of the molecule is Cc1ccccc1CN(C(=O)CCCN(c1cc(Cl)ccc1Cl)S(C)(=O)=O)[C@H](Cc1ccccc1)C(=O)NC1CCCCC1. The summed E-state index contributed by atoms with van der Waals surface area (Å²) in [7, 11) is -3.72. The normalized spacial score (nSPS) is 14.5. The van der Waals surface area contributed by atoms with Crippen LogP contribution in [0, 0.1) is 6.92 Å². The number of anilines is 1. The number of amides is 2. The molecular weight excluding hydrogens is 617 g/mol. The first kappa shape index (κ1) is 33.8. The monoisotopic (exact) mass is 657 g/mol. The Labute approximate surface area is 271 Å². The molecule has 0 spiro atoms. The molecule has 44 heavy (non-hydrogen) atoms. The van der Waals surface area contributed by atoms with E-state index in [1.54, 1.807) is 17.0 Å². The van der Waals surface area contributed by atoms with Gasteiger partial charge in [-0.3, -0.25) is 13.9 Å². The smallest absolute Gasteiger partial charge is 0.243 e. The van der Waals surface area contributed by atoms with E-state index in [0.717, 1.165) is 48.6 Å². The van der Waals surface area contributed by atoms with E-state index in [-0.39, 0.29) is 54.5 Å². The summed E-state index contributed by atoms with van der Waals surface area (Å²) in [5.74, 6) is -0.384. The van der Waals surface area contributed by atoms with E-state index in [1.807, 2.05) is 61.5 Å². The number of benzene rings is 3. The second kappa shape index (κ2) is 15.8. The molecule has 0 bridgehead atoms. The number of rotatable bonds is 13. The zero-order chi connectivity index (χ0) is 31.7. The van der Waals surface area contributed by atoms with Crippen LogP contribution < -0.4 is 9.62 Å². The van der Waals surface area contributed by atoms with Gasteiger partial charge in [-0.15, -0.1) is 0 Å². The molecule has 0 unspecified atom stereocenters. The number of hydrogen-bond donors (Lipinski definition) is 1. The van der Waals surface area contributed by atoms with Crippen molar-refractivity contribution in [2.75, 3.05) is 17.1 Å². The fourth-order valence-corrected chi connectivity index (χ4v) is 7.13. The summed E-state index contributed by atoms with van der Waals surface area (Å²) in [6.07, 6.45) is 6.92. The lowest BCUT2D eigenvalue weighted by Crippen LogP contribution is -2.53. The van der Waals surface area contributed by atoms with Gasteiger partial charge in [-0.25, -0.2) is 8.42 Å². The molecule has 1 saturated carbocycles. The van der Waals surface area contributed by atoms with E-state index in [4.69, 9.17) is 23.2 Å². The van der Waals surface area contributed by atoms with Crippen LogP contribution in [0.25, 0.3) is 0 Å². The highest BCUT2D eigenvalue weighted by Gasteiger charge is 2.32. The van der Waals surface area contributed by atoms with Crippen LogP contribution >= 0.6 is 23.2 Å². The molecule has 4 rings (SSSR count). The Morgan fingerprint density at radius 3 is 2.32 bits per heavy atom. The molecular formula is C34H41Cl2N3O4S. The molecule has 3 aromatic rings. The van der Waals surface area contributed by atoms with Gasteiger partial charge in [0.2, 0.25) is 21.8 Å². The summed E-state index contributed by atoms with van der Waals surface area (Å²) >= 11 is 12.5. The van der Waals surface area contributed by atoms with E-state index in [9.17, 15) is 18.0 Å². The largest absolute Gasteiger partial charge is 0.352 e. The number of carbonyl (C=O) groups excluding carboxylic acids is 2. The molecule has 1 aliphatic carbocycles. The maximum Gasteiger partial charge on any atom is 0.243 e. The molecule has 1 N–H and O–H groups in total. The second-order valence-corrected chi connectivity index (χ2v) is 14.3. The van der Waals surface area contributed by atoms with Crippen molar-refractivity contribution < 1.29 is 18.0 Å². The molecule has 3 aromatic carbocycles. The minimum absolute atomic E-state index is 0.0282. The van der Waals surface area contributed by atoms with Gasteiger partial charge < -0.3 is 10.2 Å². The summed E-state index contributed by atoms with van der Waals surface area (Å²) in [6.45, 7) is 2.28. The Hall–Kier alpha value is -3.07. The molecule has 0 heterocycles. The number of nitrogens with zero attached hydrogens (tertiary/aromatic N) is 2. The Morgan fingerprint density at radius 2 is 1.64 bits per heavy atom.